The van der Waals surface area contributed by atoms with E-state index in [2.05, 4.69) is 20.6 Å². The fourth-order valence-electron chi connectivity index (χ4n) is 2.59. The summed E-state index contributed by atoms with van der Waals surface area (Å²) in [6.07, 6.45) is 5.49. The van der Waals surface area contributed by atoms with Crippen molar-refractivity contribution in [2.75, 3.05) is 5.32 Å². The molecule has 3 aromatic rings. The van der Waals surface area contributed by atoms with Crippen LogP contribution in [-0.2, 0) is 11.3 Å². The van der Waals surface area contributed by atoms with Crippen LogP contribution in [0.15, 0.2) is 41.3 Å². The molecule has 0 saturated carbocycles. The Bertz CT molecular complexity index is 792. The quantitative estimate of drug-likeness (QED) is 0.729. The van der Waals surface area contributed by atoms with E-state index in [1.54, 1.807) is 12.4 Å². The molecule has 3 aromatic heterocycles. The summed E-state index contributed by atoms with van der Waals surface area (Å²) in [4.78, 5) is 4.01. The molecule has 4 rings (SSSR count). The Morgan fingerprint density at radius 1 is 1.22 bits per heavy atom. The third-order valence-electron chi connectivity index (χ3n) is 3.96. The largest absolute Gasteiger partial charge is 0.361 e. The van der Waals surface area contributed by atoms with Crippen molar-refractivity contribution >= 4 is 5.82 Å². The lowest BCUT2D eigenvalue weighted by Crippen LogP contribution is -2.07. The second kappa shape index (κ2) is 5.51. The second-order valence-electron chi connectivity index (χ2n) is 5.60. The maximum atomic E-state index is 5.65. The number of rotatable bonds is 5. The summed E-state index contributed by atoms with van der Waals surface area (Å²) in [6, 6.07) is 5.86. The third kappa shape index (κ3) is 2.83. The van der Waals surface area contributed by atoms with Gasteiger partial charge < -0.3 is 14.6 Å². The summed E-state index contributed by atoms with van der Waals surface area (Å²) in [5, 5.41) is 11.8. The minimum Gasteiger partial charge on any atom is -0.361 e. The van der Waals surface area contributed by atoms with E-state index in [9.17, 15) is 0 Å². The van der Waals surface area contributed by atoms with E-state index in [0.29, 0.717) is 6.54 Å². The van der Waals surface area contributed by atoms with Crippen LogP contribution >= 0.6 is 0 Å². The normalized spacial score (nSPS) is 19.7. The number of pyridine rings is 1. The van der Waals surface area contributed by atoms with Gasteiger partial charge in [-0.1, -0.05) is 5.16 Å². The van der Waals surface area contributed by atoms with E-state index in [-0.39, 0.29) is 12.3 Å². The zero-order valence-corrected chi connectivity index (χ0v) is 12.9. The van der Waals surface area contributed by atoms with E-state index in [1.165, 1.54) is 0 Å². The van der Waals surface area contributed by atoms with Crippen molar-refractivity contribution < 1.29 is 9.26 Å². The highest BCUT2D eigenvalue weighted by molar-refractivity contribution is 5.37. The number of hydrogen-bond donors (Lipinski definition) is 1. The molecule has 1 aliphatic heterocycles. The molecule has 1 fully saturated rings. The molecule has 0 aliphatic carbocycles. The fourth-order valence-corrected chi connectivity index (χ4v) is 2.59. The molecule has 0 aromatic carbocycles. The number of hydrogen-bond acceptors (Lipinski definition) is 6. The smallest absolute Gasteiger partial charge is 0.160 e. The van der Waals surface area contributed by atoms with E-state index < -0.39 is 0 Å². The number of nitrogens with zero attached hydrogens (tertiary/aromatic N) is 4. The number of ether oxygens (including phenoxy) is 1. The summed E-state index contributed by atoms with van der Waals surface area (Å²) in [5.74, 6) is 1.62. The molecule has 23 heavy (non-hydrogen) atoms. The first-order valence-corrected chi connectivity index (χ1v) is 7.48. The lowest BCUT2D eigenvalue weighted by molar-refractivity contribution is 0.385. The molecule has 1 saturated heterocycles. The Balaban J connectivity index is 1.40. The lowest BCUT2D eigenvalue weighted by atomic mass is 10.2. The molecule has 0 amide bonds. The zero-order chi connectivity index (χ0) is 15.8. The molecule has 118 valence electrons. The van der Waals surface area contributed by atoms with Crippen molar-refractivity contribution in [3.63, 3.8) is 0 Å². The van der Waals surface area contributed by atoms with Gasteiger partial charge in [0.05, 0.1) is 12.2 Å². The molecular formula is C16H17N5O2. The van der Waals surface area contributed by atoms with Crippen LogP contribution in [-0.4, -0.2) is 26.1 Å². The monoisotopic (exact) mass is 311 g/mol. The van der Waals surface area contributed by atoms with E-state index in [1.807, 2.05) is 42.9 Å². The standard InChI is InChI=1S/C16H17N5O2/c1-10-13(11(2)23-20-10)9-21-8-5-14(19-21)18-16-15(22-16)12-3-6-17-7-4-12/h3-8,15-16H,9H2,1-2H3,(H,18,19). The SMILES string of the molecule is Cc1noc(C)c1Cn1ccc(NC2OC2c2ccncc2)n1. The Kier molecular flexibility index (Phi) is 3.34. The number of nitrogens with one attached hydrogen (secondary N) is 1. The van der Waals surface area contributed by atoms with Gasteiger partial charge in [0.1, 0.15) is 17.7 Å². The molecule has 2 atom stereocenters. The predicted molar refractivity (Wildman–Crippen MR) is 82.8 cm³/mol. The average Bonchev–Trinajstić information content (AvgIpc) is 3.08. The molecule has 7 nitrogen and oxygen atoms in total. The number of aromatic nitrogens is 4. The third-order valence-corrected chi connectivity index (χ3v) is 3.96. The number of anilines is 1. The highest BCUT2D eigenvalue weighted by Gasteiger charge is 2.40. The summed E-state index contributed by atoms with van der Waals surface area (Å²) < 4.78 is 12.7. The molecule has 0 radical (unpaired) electrons. The minimum absolute atomic E-state index is 0.0418. The van der Waals surface area contributed by atoms with Gasteiger partial charge in [-0.3, -0.25) is 9.67 Å². The van der Waals surface area contributed by atoms with Gasteiger partial charge in [0.2, 0.25) is 0 Å². The summed E-state index contributed by atoms with van der Waals surface area (Å²) in [6.45, 7) is 4.49. The lowest BCUT2D eigenvalue weighted by Gasteiger charge is -2.01. The van der Waals surface area contributed by atoms with E-state index >= 15 is 0 Å². The maximum absolute atomic E-state index is 5.65. The molecule has 2 unspecified atom stereocenters. The molecule has 7 heteroatoms. The Labute approximate surface area is 133 Å². The van der Waals surface area contributed by atoms with E-state index in [4.69, 9.17) is 9.26 Å². The van der Waals surface area contributed by atoms with Crippen molar-refractivity contribution in [1.29, 1.82) is 0 Å². The highest BCUT2D eigenvalue weighted by Crippen LogP contribution is 2.38. The van der Waals surface area contributed by atoms with Gasteiger partial charge in [0.25, 0.3) is 0 Å². The summed E-state index contributed by atoms with van der Waals surface area (Å²) in [5.41, 5.74) is 3.08. The zero-order valence-electron chi connectivity index (χ0n) is 12.9. The van der Waals surface area contributed by atoms with Gasteiger partial charge in [-0.2, -0.15) is 5.10 Å². The molecule has 1 N–H and O–H groups in total. The van der Waals surface area contributed by atoms with Gasteiger partial charge in [-0.05, 0) is 31.5 Å². The number of epoxide rings is 1. The van der Waals surface area contributed by atoms with E-state index in [0.717, 1.165) is 28.4 Å². The van der Waals surface area contributed by atoms with Crippen LogP contribution < -0.4 is 5.32 Å². The van der Waals surface area contributed by atoms with Gasteiger partial charge in [-0.25, -0.2) is 0 Å². The maximum Gasteiger partial charge on any atom is 0.160 e. The Morgan fingerprint density at radius 3 is 2.78 bits per heavy atom. The van der Waals surface area contributed by atoms with Gasteiger partial charge >= 0.3 is 0 Å². The molecule has 0 bridgehead atoms. The van der Waals surface area contributed by atoms with Gasteiger partial charge in [-0.15, -0.1) is 0 Å². The van der Waals surface area contributed by atoms with Crippen LogP contribution in [0.1, 0.15) is 28.7 Å². The van der Waals surface area contributed by atoms with Crippen LogP contribution in [0.25, 0.3) is 0 Å². The Hall–Kier alpha value is -2.67. The first kappa shape index (κ1) is 14.0. The second-order valence-corrected chi connectivity index (χ2v) is 5.60. The van der Waals surface area contributed by atoms with Gasteiger partial charge in [0, 0.05) is 30.2 Å². The van der Waals surface area contributed by atoms with Crippen molar-refractivity contribution in [3.05, 3.63) is 59.4 Å². The van der Waals surface area contributed by atoms with Crippen LogP contribution in [0.5, 0.6) is 0 Å². The number of aryl methyl sites for hydroxylation is 2. The minimum atomic E-state index is -0.0418. The van der Waals surface area contributed by atoms with Gasteiger partial charge in [0.15, 0.2) is 6.23 Å². The topological polar surface area (TPSA) is 81.3 Å². The van der Waals surface area contributed by atoms with Crippen molar-refractivity contribution in [2.45, 2.75) is 32.7 Å². The average molecular weight is 311 g/mol. The molecular weight excluding hydrogens is 294 g/mol. The predicted octanol–water partition coefficient (Wildman–Crippen LogP) is 2.44. The fraction of sp³-hybridized carbons (Fsp3) is 0.312. The van der Waals surface area contributed by atoms with Crippen LogP contribution in [0.3, 0.4) is 0 Å². The molecule has 1 aliphatic rings. The highest BCUT2D eigenvalue weighted by atomic mass is 16.6. The van der Waals surface area contributed by atoms with Crippen molar-refractivity contribution in [1.82, 2.24) is 19.9 Å². The van der Waals surface area contributed by atoms with Crippen LogP contribution in [0, 0.1) is 13.8 Å². The van der Waals surface area contributed by atoms with Crippen molar-refractivity contribution in [2.24, 2.45) is 0 Å². The summed E-state index contributed by atoms with van der Waals surface area (Å²) in [7, 11) is 0. The van der Waals surface area contributed by atoms with Crippen molar-refractivity contribution in [3.8, 4) is 0 Å². The molecule has 0 spiro atoms. The first-order chi connectivity index (χ1) is 11.2. The molecule has 4 heterocycles. The Morgan fingerprint density at radius 2 is 2.04 bits per heavy atom. The first-order valence-electron chi connectivity index (χ1n) is 7.48. The van der Waals surface area contributed by atoms with Crippen LogP contribution in [0.4, 0.5) is 5.82 Å². The van der Waals surface area contributed by atoms with Crippen LogP contribution in [0.2, 0.25) is 0 Å². The summed E-state index contributed by atoms with van der Waals surface area (Å²) >= 11 is 0.